The van der Waals surface area contributed by atoms with E-state index in [0.29, 0.717) is 13.2 Å². The molecule has 0 N–H and O–H groups in total. The molecule has 1 fully saturated rings. The highest BCUT2D eigenvalue weighted by atomic mass is 16.5. The number of likely N-dealkylation sites (tertiary alicyclic amines) is 1. The lowest BCUT2D eigenvalue weighted by Gasteiger charge is -2.37. The Balaban J connectivity index is 2.59. The Morgan fingerprint density at radius 2 is 2.25 bits per heavy atom. The molecule has 0 amide bonds. The molecule has 1 aliphatic rings. The van der Waals surface area contributed by atoms with Crippen molar-refractivity contribution < 1.29 is 14.3 Å². The molecular formula is C12H23NO3. The summed E-state index contributed by atoms with van der Waals surface area (Å²) in [5.41, 5.74) is 0. The first-order chi connectivity index (χ1) is 7.70. The van der Waals surface area contributed by atoms with Crippen LogP contribution in [0.3, 0.4) is 0 Å². The van der Waals surface area contributed by atoms with Crippen LogP contribution in [0.25, 0.3) is 0 Å². The minimum absolute atomic E-state index is 0.0705. The molecule has 2 atom stereocenters. The molecule has 0 spiro atoms. The predicted octanol–water partition coefficient (Wildman–Crippen LogP) is 1.44. The highest BCUT2D eigenvalue weighted by Gasteiger charge is 2.32. The highest BCUT2D eigenvalue weighted by Crippen LogP contribution is 2.20. The first kappa shape index (κ1) is 13.5. The zero-order valence-corrected chi connectivity index (χ0v) is 10.6. The van der Waals surface area contributed by atoms with Crippen molar-refractivity contribution in [1.29, 1.82) is 0 Å². The fourth-order valence-electron chi connectivity index (χ4n) is 2.31. The summed E-state index contributed by atoms with van der Waals surface area (Å²) in [6, 6.07) is 0.207. The normalized spacial score (nSPS) is 24.1. The van der Waals surface area contributed by atoms with Gasteiger partial charge >= 0.3 is 5.97 Å². The molecule has 0 aromatic rings. The second kappa shape index (κ2) is 6.86. The van der Waals surface area contributed by atoms with Crippen LogP contribution >= 0.6 is 0 Å². The van der Waals surface area contributed by atoms with Crippen molar-refractivity contribution in [2.24, 2.45) is 0 Å². The molecule has 0 aromatic heterocycles. The molecule has 4 nitrogen and oxygen atoms in total. The molecule has 4 heteroatoms. The summed E-state index contributed by atoms with van der Waals surface area (Å²) in [5.74, 6) is -0.0786. The summed E-state index contributed by atoms with van der Waals surface area (Å²) in [6.45, 7) is 6.04. The third-order valence-corrected chi connectivity index (χ3v) is 3.08. The van der Waals surface area contributed by atoms with Crippen molar-refractivity contribution >= 4 is 5.97 Å². The molecule has 0 aromatic carbocycles. The number of carbonyl (C=O) groups is 1. The molecule has 16 heavy (non-hydrogen) atoms. The number of methoxy groups -OCH3 is 1. The second-order valence-corrected chi connectivity index (χ2v) is 4.31. The van der Waals surface area contributed by atoms with E-state index < -0.39 is 0 Å². The van der Waals surface area contributed by atoms with E-state index in [1.165, 1.54) is 0 Å². The molecule has 0 aliphatic carbocycles. The summed E-state index contributed by atoms with van der Waals surface area (Å²) >= 11 is 0. The average molecular weight is 229 g/mol. The van der Waals surface area contributed by atoms with Gasteiger partial charge in [0.25, 0.3) is 0 Å². The van der Waals surface area contributed by atoms with E-state index in [2.05, 4.69) is 11.8 Å². The lowest BCUT2D eigenvalue weighted by Crippen LogP contribution is -2.51. The van der Waals surface area contributed by atoms with Crippen molar-refractivity contribution in [3.05, 3.63) is 0 Å². The van der Waals surface area contributed by atoms with Gasteiger partial charge in [0, 0.05) is 13.2 Å². The van der Waals surface area contributed by atoms with E-state index in [9.17, 15) is 4.79 Å². The Bertz CT molecular complexity index is 220. The quantitative estimate of drug-likeness (QED) is 0.669. The smallest absolute Gasteiger partial charge is 0.323 e. The first-order valence-corrected chi connectivity index (χ1v) is 6.12. The summed E-state index contributed by atoms with van der Waals surface area (Å²) in [4.78, 5) is 14.0. The van der Waals surface area contributed by atoms with Crippen molar-refractivity contribution in [3.63, 3.8) is 0 Å². The third kappa shape index (κ3) is 3.46. The van der Waals surface area contributed by atoms with Crippen LogP contribution in [0.1, 0.15) is 33.1 Å². The number of hydrogen-bond acceptors (Lipinski definition) is 4. The van der Waals surface area contributed by atoms with E-state index in [-0.39, 0.29) is 18.1 Å². The number of ether oxygens (including phenoxy) is 2. The van der Waals surface area contributed by atoms with Gasteiger partial charge in [0.2, 0.25) is 0 Å². The van der Waals surface area contributed by atoms with Gasteiger partial charge in [0.1, 0.15) is 6.04 Å². The molecule has 0 saturated carbocycles. The molecular weight excluding hydrogens is 206 g/mol. The molecule has 1 rings (SSSR count). The van der Waals surface area contributed by atoms with Gasteiger partial charge in [-0.2, -0.15) is 0 Å². The number of carbonyl (C=O) groups excluding carboxylic acids is 1. The van der Waals surface area contributed by atoms with Crippen LogP contribution in [0.5, 0.6) is 0 Å². The maximum atomic E-state index is 11.8. The molecule has 0 bridgehead atoms. The number of rotatable bonds is 5. The number of piperidine rings is 1. The van der Waals surface area contributed by atoms with E-state index in [4.69, 9.17) is 9.47 Å². The molecule has 1 saturated heterocycles. The van der Waals surface area contributed by atoms with E-state index in [1.54, 1.807) is 7.11 Å². The highest BCUT2D eigenvalue weighted by molar-refractivity contribution is 5.75. The monoisotopic (exact) mass is 229 g/mol. The molecule has 0 radical (unpaired) electrons. The van der Waals surface area contributed by atoms with Gasteiger partial charge in [-0.05, 0) is 33.2 Å². The Labute approximate surface area is 97.9 Å². The average Bonchev–Trinajstić information content (AvgIpc) is 2.30. The van der Waals surface area contributed by atoms with Crippen LogP contribution in [0.2, 0.25) is 0 Å². The zero-order valence-electron chi connectivity index (χ0n) is 10.6. The van der Waals surface area contributed by atoms with Gasteiger partial charge in [0.05, 0.1) is 13.2 Å². The van der Waals surface area contributed by atoms with Crippen molar-refractivity contribution in [2.75, 3.05) is 26.9 Å². The molecule has 2 unspecified atom stereocenters. The Kier molecular flexibility index (Phi) is 5.77. The Morgan fingerprint density at radius 1 is 1.50 bits per heavy atom. The van der Waals surface area contributed by atoms with Gasteiger partial charge in [-0.25, -0.2) is 0 Å². The van der Waals surface area contributed by atoms with Crippen molar-refractivity contribution in [3.8, 4) is 0 Å². The second-order valence-electron chi connectivity index (χ2n) is 4.31. The lowest BCUT2D eigenvalue weighted by atomic mass is 10.0. The topological polar surface area (TPSA) is 38.8 Å². The predicted molar refractivity (Wildman–Crippen MR) is 62.3 cm³/mol. The standard InChI is InChI=1S/C12H23NO3/c1-4-16-12(14)11-7-5-6-8-13(11)10(2)9-15-3/h10-11H,4-9H2,1-3H3. The first-order valence-electron chi connectivity index (χ1n) is 6.12. The van der Waals surface area contributed by atoms with Crippen LogP contribution in [0, 0.1) is 0 Å². The van der Waals surface area contributed by atoms with Crippen molar-refractivity contribution in [2.45, 2.75) is 45.2 Å². The minimum Gasteiger partial charge on any atom is -0.465 e. The largest absolute Gasteiger partial charge is 0.465 e. The summed E-state index contributed by atoms with van der Waals surface area (Å²) < 4.78 is 10.3. The zero-order chi connectivity index (χ0) is 12.0. The fourth-order valence-corrected chi connectivity index (χ4v) is 2.31. The van der Waals surface area contributed by atoms with Crippen LogP contribution in [-0.2, 0) is 14.3 Å². The number of hydrogen-bond donors (Lipinski definition) is 0. The fraction of sp³-hybridized carbons (Fsp3) is 0.917. The summed E-state index contributed by atoms with van der Waals surface area (Å²) in [5, 5.41) is 0. The number of esters is 1. The molecule has 94 valence electrons. The van der Waals surface area contributed by atoms with Crippen LogP contribution in [-0.4, -0.2) is 49.8 Å². The van der Waals surface area contributed by atoms with E-state index in [0.717, 1.165) is 25.8 Å². The van der Waals surface area contributed by atoms with E-state index in [1.807, 2.05) is 6.92 Å². The summed E-state index contributed by atoms with van der Waals surface area (Å²) in [6.07, 6.45) is 3.18. The van der Waals surface area contributed by atoms with E-state index >= 15 is 0 Å². The van der Waals surface area contributed by atoms with Gasteiger partial charge in [-0.3, -0.25) is 9.69 Å². The molecule has 1 heterocycles. The maximum absolute atomic E-state index is 11.8. The van der Waals surface area contributed by atoms with Gasteiger partial charge in [-0.1, -0.05) is 6.42 Å². The minimum atomic E-state index is -0.0786. The van der Waals surface area contributed by atoms with Crippen molar-refractivity contribution in [1.82, 2.24) is 4.90 Å². The number of nitrogens with zero attached hydrogens (tertiary/aromatic N) is 1. The Hall–Kier alpha value is -0.610. The van der Waals surface area contributed by atoms with Gasteiger partial charge in [0.15, 0.2) is 0 Å². The van der Waals surface area contributed by atoms with Crippen LogP contribution < -0.4 is 0 Å². The van der Waals surface area contributed by atoms with Gasteiger partial charge in [-0.15, -0.1) is 0 Å². The summed E-state index contributed by atoms with van der Waals surface area (Å²) in [7, 11) is 1.69. The lowest BCUT2D eigenvalue weighted by molar-refractivity contribution is -0.152. The SMILES string of the molecule is CCOC(=O)C1CCCCN1C(C)COC. The molecule has 1 aliphatic heterocycles. The Morgan fingerprint density at radius 3 is 2.88 bits per heavy atom. The third-order valence-electron chi connectivity index (χ3n) is 3.08. The van der Waals surface area contributed by atoms with Gasteiger partial charge < -0.3 is 9.47 Å². The van der Waals surface area contributed by atoms with Crippen LogP contribution in [0.4, 0.5) is 0 Å². The van der Waals surface area contributed by atoms with Crippen LogP contribution in [0.15, 0.2) is 0 Å². The maximum Gasteiger partial charge on any atom is 0.323 e.